The molecule has 0 radical (unpaired) electrons. The number of H-pyrrole nitrogens is 1. The van der Waals surface area contributed by atoms with Crippen LogP contribution in [-0.2, 0) is 14.2 Å². The average Bonchev–Trinajstić information content (AvgIpc) is 2.99. The summed E-state index contributed by atoms with van der Waals surface area (Å²) in [4.78, 5) is 51.2. The van der Waals surface area contributed by atoms with Crippen LogP contribution >= 0.6 is 0 Å². The van der Waals surface area contributed by atoms with Crippen molar-refractivity contribution in [1.82, 2.24) is 4.98 Å². The van der Waals surface area contributed by atoms with Gasteiger partial charge in [-0.25, -0.2) is 14.4 Å². The number of carbonyl (C=O) groups excluding carboxylic acids is 4. The van der Waals surface area contributed by atoms with E-state index in [1.165, 1.54) is 31.4 Å². The summed E-state index contributed by atoms with van der Waals surface area (Å²) in [6.07, 6.45) is 0. The third-order valence-electron chi connectivity index (χ3n) is 4.01. The third-order valence-corrected chi connectivity index (χ3v) is 4.01. The second kappa shape index (κ2) is 8.98. The number of nitrogens with one attached hydrogen (secondary N) is 1. The van der Waals surface area contributed by atoms with E-state index in [4.69, 9.17) is 9.47 Å². The van der Waals surface area contributed by atoms with Crippen molar-refractivity contribution < 1.29 is 33.4 Å². The molecule has 2 aromatic rings. The maximum atomic E-state index is 12.6. The van der Waals surface area contributed by atoms with E-state index >= 15 is 0 Å². The first kappa shape index (κ1) is 20.9. The monoisotopic (exact) mass is 387 g/mol. The maximum absolute atomic E-state index is 12.6. The summed E-state index contributed by atoms with van der Waals surface area (Å²) in [6.45, 7) is 4.61. The van der Waals surface area contributed by atoms with Crippen LogP contribution in [0.1, 0.15) is 59.7 Å². The van der Waals surface area contributed by atoms with Gasteiger partial charge in [-0.3, -0.25) is 4.79 Å². The number of rotatable bonds is 7. The second-order valence-electron chi connectivity index (χ2n) is 5.91. The Morgan fingerprint density at radius 1 is 0.821 bits per heavy atom. The van der Waals surface area contributed by atoms with Crippen molar-refractivity contribution >= 4 is 23.7 Å². The lowest BCUT2D eigenvalue weighted by Crippen LogP contribution is -2.18. The Kier molecular flexibility index (Phi) is 6.70. The van der Waals surface area contributed by atoms with E-state index < -0.39 is 30.3 Å². The molecule has 0 spiro atoms. The molecule has 0 aliphatic carbocycles. The van der Waals surface area contributed by atoms with Crippen molar-refractivity contribution in [3.05, 3.63) is 57.9 Å². The minimum atomic E-state index is -0.729. The van der Waals surface area contributed by atoms with Crippen LogP contribution in [0.3, 0.4) is 0 Å². The molecule has 2 rings (SSSR count). The smallest absolute Gasteiger partial charge is 0.340 e. The van der Waals surface area contributed by atoms with Crippen LogP contribution < -0.4 is 0 Å². The van der Waals surface area contributed by atoms with Gasteiger partial charge in [-0.2, -0.15) is 0 Å². The number of esters is 3. The van der Waals surface area contributed by atoms with E-state index in [0.29, 0.717) is 11.4 Å². The van der Waals surface area contributed by atoms with E-state index in [0.717, 1.165) is 0 Å². The SMILES string of the molecule is CCOC(=O)c1c(C)[nH]c(C)c1C(=O)COC(=O)c1ccc(C(=O)OC)cc1. The van der Waals surface area contributed by atoms with E-state index in [1.807, 2.05) is 0 Å². The number of ketones is 1. The van der Waals surface area contributed by atoms with Gasteiger partial charge in [0, 0.05) is 11.4 Å². The van der Waals surface area contributed by atoms with Gasteiger partial charge >= 0.3 is 17.9 Å². The number of methoxy groups -OCH3 is 1. The molecular weight excluding hydrogens is 366 g/mol. The van der Waals surface area contributed by atoms with Crippen LogP contribution in [0.2, 0.25) is 0 Å². The molecule has 0 aliphatic rings. The molecule has 1 aromatic carbocycles. The molecule has 0 bridgehead atoms. The fraction of sp³-hybridized carbons (Fsp3) is 0.300. The third kappa shape index (κ3) is 4.46. The van der Waals surface area contributed by atoms with Gasteiger partial charge in [0.2, 0.25) is 5.78 Å². The van der Waals surface area contributed by atoms with Crippen LogP contribution in [0.5, 0.6) is 0 Å². The lowest BCUT2D eigenvalue weighted by molar-refractivity contribution is 0.0471. The number of aromatic nitrogens is 1. The summed E-state index contributed by atoms with van der Waals surface area (Å²) in [5.74, 6) is -2.39. The largest absolute Gasteiger partial charge is 0.465 e. The number of aromatic amines is 1. The van der Waals surface area contributed by atoms with Gasteiger partial charge in [0.25, 0.3) is 0 Å². The summed E-state index contributed by atoms with van der Waals surface area (Å²) >= 11 is 0. The Morgan fingerprint density at radius 2 is 1.36 bits per heavy atom. The fourth-order valence-corrected chi connectivity index (χ4v) is 2.74. The number of aryl methyl sites for hydroxylation is 2. The fourth-order valence-electron chi connectivity index (χ4n) is 2.74. The van der Waals surface area contributed by atoms with Crippen LogP contribution in [0.15, 0.2) is 24.3 Å². The lowest BCUT2D eigenvalue weighted by Gasteiger charge is -2.07. The van der Waals surface area contributed by atoms with Crippen LogP contribution in [0, 0.1) is 13.8 Å². The minimum absolute atomic E-state index is 0.142. The number of ether oxygens (including phenoxy) is 3. The van der Waals surface area contributed by atoms with Crippen molar-refractivity contribution in [2.45, 2.75) is 20.8 Å². The summed E-state index contributed by atoms with van der Waals surface area (Å²) in [5, 5.41) is 0. The first-order valence-corrected chi connectivity index (χ1v) is 8.55. The minimum Gasteiger partial charge on any atom is -0.465 e. The van der Waals surface area contributed by atoms with Crippen molar-refractivity contribution in [2.75, 3.05) is 20.3 Å². The Morgan fingerprint density at radius 3 is 1.89 bits per heavy atom. The van der Waals surface area contributed by atoms with Crippen molar-refractivity contribution in [1.29, 1.82) is 0 Å². The van der Waals surface area contributed by atoms with Gasteiger partial charge in [-0.1, -0.05) is 0 Å². The molecule has 8 heteroatoms. The standard InChI is InChI=1S/C20H21NO7/c1-5-27-20(25)17-12(3)21-11(2)16(17)15(22)10-28-19(24)14-8-6-13(7-9-14)18(23)26-4/h6-9,21H,5,10H2,1-4H3. The quantitative estimate of drug-likeness (QED) is 0.441. The Labute approximate surface area is 161 Å². The first-order chi connectivity index (χ1) is 13.3. The highest BCUT2D eigenvalue weighted by Gasteiger charge is 2.26. The predicted octanol–water partition coefficient (Wildman–Crippen LogP) is 2.63. The highest BCUT2D eigenvalue weighted by atomic mass is 16.5. The summed E-state index contributed by atoms with van der Waals surface area (Å²) in [7, 11) is 1.26. The number of carbonyl (C=O) groups is 4. The molecule has 0 unspecified atom stereocenters. The zero-order chi connectivity index (χ0) is 20.8. The molecule has 0 saturated carbocycles. The second-order valence-corrected chi connectivity index (χ2v) is 5.91. The van der Waals surface area contributed by atoms with Crippen LogP contribution in [0.4, 0.5) is 0 Å². The van der Waals surface area contributed by atoms with Crippen LogP contribution in [-0.4, -0.2) is 49.0 Å². The molecule has 8 nitrogen and oxygen atoms in total. The van der Waals surface area contributed by atoms with Crippen molar-refractivity contribution in [3.8, 4) is 0 Å². The Bertz CT molecular complexity index is 909. The predicted molar refractivity (Wildman–Crippen MR) is 98.6 cm³/mol. The number of hydrogen-bond acceptors (Lipinski definition) is 7. The van der Waals surface area contributed by atoms with Gasteiger partial charge in [-0.15, -0.1) is 0 Å². The van der Waals surface area contributed by atoms with Gasteiger partial charge in [0.05, 0.1) is 36.0 Å². The molecule has 148 valence electrons. The molecular formula is C20H21NO7. The van der Waals surface area contributed by atoms with E-state index in [1.54, 1.807) is 20.8 Å². The summed E-state index contributed by atoms with van der Waals surface area (Å²) in [5.41, 5.74) is 1.74. The van der Waals surface area contributed by atoms with E-state index in [9.17, 15) is 19.2 Å². The van der Waals surface area contributed by atoms with Gasteiger partial charge < -0.3 is 19.2 Å². The number of Topliss-reactive ketones (excluding diaryl/α,β-unsaturated/α-hetero) is 1. The lowest BCUT2D eigenvalue weighted by atomic mass is 10.1. The molecule has 0 atom stereocenters. The van der Waals surface area contributed by atoms with Crippen molar-refractivity contribution in [3.63, 3.8) is 0 Å². The van der Waals surface area contributed by atoms with Crippen LogP contribution in [0.25, 0.3) is 0 Å². The molecule has 1 heterocycles. The number of hydrogen-bond donors (Lipinski definition) is 1. The highest BCUT2D eigenvalue weighted by Crippen LogP contribution is 2.20. The molecule has 0 aliphatic heterocycles. The topological polar surface area (TPSA) is 112 Å². The molecule has 0 fully saturated rings. The Balaban J connectivity index is 2.11. The maximum Gasteiger partial charge on any atom is 0.340 e. The van der Waals surface area contributed by atoms with Gasteiger partial charge in [-0.05, 0) is 45.0 Å². The molecule has 1 N–H and O–H groups in total. The Hall–Kier alpha value is -3.42. The van der Waals surface area contributed by atoms with Gasteiger partial charge in [0.1, 0.15) is 0 Å². The first-order valence-electron chi connectivity index (χ1n) is 8.55. The number of benzene rings is 1. The van der Waals surface area contributed by atoms with Crippen molar-refractivity contribution in [2.24, 2.45) is 0 Å². The zero-order valence-corrected chi connectivity index (χ0v) is 16.1. The molecule has 28 heavy (non-hydrogen) atoms. The average molecular weight is 387 g/mol. The van der Waals surface area contributed by atoms with E-state index in [2.05, 4.69) is 9.72 Å². The van der Waals surface area contributed by atoms with Gasteiger partial charge in [0.15, 0.2) is 6.61 Å². The highest BCUT2D eigenvalue weighted by molar-refractivity contribution is 6.09. The zero-order valence-electron chi connectivity index (χ0n) is 16.1. The molecule has 0 saturated heterocycles. The normalized spacial score (nSPS) is 10.3. The summed E-state index contributed by atoms with van der Waals surface area (Å²) < 4.78 is 14.6. The molecule has 0 amide bonds. The summed E-state index contributed by atoms with van der Waals surface area (Å²) in [6, 6.07) is 5.63. The molecule has 1 aromatic heterocycles. The van der Waals surface area contributed by atoms with E-state index in [-0.39, 0.29) is 28.9 Å².